The summed E-state index contributed by atoms with van der Waals surface area (Å²) in [5, 5.41) is 6.27. The highest BCUT2D eigenvalue weighted by Crippen LogP contribution is 2.33. The van der Waals surface area contributed by atoms with Gasteiger partial charge >= 0.3 is 0 Å². The molecule has 104 valence electrons. The van der Waals surface area contributed by atoms with Crippen LogP contribution in [0.1, 0.15) is 19.8 Å². The van der Waals surface area contributed by atoms with Gasteiger partial charge in [0.25, 0.3) is 0 Å². The highest BCUT2D eigenvalue weighted by atomic mass is 79.9. The summed E-state index contributed by atoms with van der Waals surface area (Å²) in [5.41, 5.74) is 0.403. The van der Waals surface area contributed by atoms with Crippen molar-refractivity contribution in [3.05, 3.63) is 22.7 Å². The number of carbonyl (C=O) groups is 1. The number of benzene rings is 1. The predicted octanol–water partition coefficient (Wildman–Crippen LogP) is 2.79. The first kappa shape index (κ1) is 14.3. The molecule has 0 radical (unpaired) electrons. The van der Waals surface area contributed by atoms with E-state index in [1.807, 2.05) is 25.1 Å². The molecule has 0 unspecified atom stereocenters. The van der Waals surface area contributed by atoms with Crippen LogP contribution in [0.3, 0.4) is 0 Å². The lowest BCUT2D eigenvalue weighted by atomic mass is 9.80. The summed E-state index contributed by atoms with van der Waals surface area (Å²) >= 11 is 3.41. The molecule has 2 rings (SSSR count). The van der Waals surface area contributed by atoms with Gasteiger partial charge in [-0.2, -0.15) is 0 Å². The van der Waals surface area contributed by atoms with Crippen molar-refractivity contribution >= 4 is 27.5 Å². The summed E-state index contributed by atoms with van der Waals surface area (Å²) in [6, 6.07) is 5.59. The van der Waals surface area contributed by atoms with E-state index >= 15 is 0 Å². The molecule has 1 aromatic carbocycles. The van der Waals surface area contributed by atoms with Gasteiger partial charge in [0.2, 0.25) is 5.91 Å². The molecule has 1 heterocycles. The third-order valence-electron chi connectivity index (χ3n) is 3.67. The lowest BCUT2D eigenvalue weighted by molar-refractivity contribution is -0.126. The normalized spacial score (nSPS) is 17.8. The number of halogens is 1. The lowest BCUT2D eigenvalue weighted by Gasteiger charge is -2.32. The first-order valence-electron chi connectivity index (χ1n) is 6.41. The number of piperidine rings is 1. The topological polar surface area (TPSA) is 50.4 Å². The van der Waals surface area contributed by atoms with Gasteiger partial charge < -0.3 is 15.4 Å². The second-order valence-corrected chi connectivity index (χ2v) is 6.03. The number of amides is 1. The number of anilines is 1. The second-order valence-electron chi connectivity index (χ2n) is 5.11. The molecule has 0 bridgehead atoms. The standard InChI is InChI=1S/C14H19BrN2O2/c1-14(5-7-16-8-6-14)13(18)17-11-9-10(15)3-4-12(11)19-2/h3-4,9,16H,5-8H2,1-2H3,(H,17,18). The molecule has 0 spiro atoms. The summed E-state index contributed by atoms with van der Waals surface area (Å²) in [7, 11) is 1.60. The molecule has 4 nitrogen and oxygen atoms in total. The molecule has 1 aromatic rings. The molecular weight excluding hydrogens is 308 g/mol. The largest absolute Gasteiger partial charge is 0.495 e. The van der Waals surface area contributed by atoms with E-state index < -0.39 is 0 Å². The van der Waals surface area contributed by atoms with Crippen molar-refractivity contribution in [2.45, 2.75) is 19.8 Å². The zero-order chi connectivity index (χ0) is 13.9. The smallest absolute Gasteiger partial charge is 0.230 e. The van der Waals surface area contributed by atoms with E-state index in [9.17, 15) is 4.79 Å². The molecule has 0 saturated carbocycles. The Morgan fingerprint density at radius 2 is 2.11 bits per heavy atom. The summed E-state index contributed by atoms with van der Waals surface area (Å²) in [6.45, 7) is 3.80. The van der Waals surface area contributed by atoms with Crippen LogP contribution in [0.15, 0.2) is 22.7 Å². The number of rotatable bonds is 3. The minimum absolute atomic E-state index is 0.0606. The lowest BCUT2D eigenvalue weighted by Crippen LogP contribution is -2.42. The van der Waals surface area contributed by atoms with Crippen molar-refractivity contribution in [3.63, 3.8) is 0 Å². The summed E-state index contributed by atoms with van der Waals surface area (Å²) in [5.74, 6) is 0.736. The summed E-state index contributed by atoms with van der Waals surface area (Å²) in [6.07, 6.45) is 1.71. The monoisotopic (exact) mass is 326 g/mol. The number of ether oxygens (including phenoxy) is 1. The van der Waals surface area contributed by atoms with E-state index in [4.69, 9.17) is 4.74 Å². The molecule has 19 heavy (non-hydrogen) atoms. The van der Waals surface area contributed by atoms with Crippen molar-refractivity contribution in [1.29, 1.82) is 0 Å². The van der Waals surface area contributed by atoms with E-state index in [0.717, 1.165) is 30.4 Å². The molecule has 1 amide bonds. The average Bonchev–Trinajstić information content (AvgIpc) is 2.40. The van der Waals surface area contributed by atoms with Crippen LogP contribution in [0.4, 0.5) is 5.69 Å². The Morgan fingerprint density at radius 1 is 1.42 bits per heavy atom. The molecule has 0 aromatic heterocycles. The van der Waals surface area contributed by atoms with Crippen LogP contribution in [-0.4, -0.2) is 26.1 Å². The fourth-order valence-electron chi connectivity index (χ4n) is 2.26. The van der Waals surface area contributed by atoms with E-state index in [1.165, 1.54) is 0 Å². The van der Waals surface area contributed by atoms with Crippen LogP contribution in [0.2, 0.25) is 0 Å². The SMILES string of the molecule is COc1ccc(Br)cc1NC(=O)C1(C)CCNCC1. The van der Waals surface area contributed by atoms with Gasteiger partial charge in [-0.05, 0) is 44.1 Å². The minimum atomic E-state index is -0.307. The quantitative estimate of drug-likeness (QED) is 0.898. The molecule has 1 fully saturated rings. The van der Waals surface area contributed by atoms with Crippen molar-refractivity contribution in [2.75, 3.05) is 25.5 Å². The van der Waals surface area contributed by atoms with E-state index in [-0.39, 0.29) is 11.3 Å². The van der Waals surface area contributed by atoms with Gasteiger partial charge in [0.15, 0.2) is 0 Å². The van der Waals surface area contributed by atoms with Gasteiger partial charge in [0.05, 0.1) is 12.8 Å². The number of nitrogens with one attached hydrogen (secondary N) is 2. The third kappa shape index (κ3) is 3.28. The molecule has 0 atom stereocenters. The van der Waals surface area contributed by atoms with Gasteiger partial charge in [-0.25, -0.2) is 0 Å². The molecule has 2 N–H and O–H groups in total. The van der Waals surface area contributed by atoms with Crippen molar-refractivity contribution in [1.82, 2.24) is 5.32 Å². The maximum atomic E-state index is 12.5. The van der Waals surface area contributed by atoms with Crippen LogP contribution in [0.5, 0.6) is 5.75 Å². The van der Waals surface area contributed by atoms with Crippen LogP contribution >= 0.6 is 15.9 Å². The third-order valence-corrected chi connectivity index (χ3v) is 4.16. The highest BCUT2D eigenvalue weighted by molar-refractivity contribution is 9.10. The van der Waals surface area contributed by atoms with Crippen molar-refractivity contribution in [2.24, 2.45) is 5.41 Å². The molecular formula is C14H19BrN2O2. The zero-order valence-corrected chi connectivity index (χ0v) is 12.8. The number of methoxy groups -OCH3 is 1. The zero-order valence-electron chi connectivity index (χ0n) is 11.3. The van der Waals surface area contributed by atoms with E-state index in [1.54, 1.807) is 7.11 Å². The van der Waals surface area contributed by atoms with Crippen molar-refractivity contribution < 1.29 is 9.53 Å². The number of hydrogen-bond donors (Lipinski definition) is 2. The number of hydrogen-bond acceptors (Lipinski definition) is 3. The Bertz CT molecular complexity index is 471. The Labute approximate surface area is 122 Å². The molecule has 1 aliphatic rings. The fraction of sp³-hybridized carbons (Fsp3) is 0.500. The van der Waals surface area contributed by atoms with Gasteiger partial charge in [0.1, 0.15) is 5.75 Å². The van der Waals surface area contributed by atoms with Crippen molar-refractivity contribution in [3.8, 4) is 5.75 Å². The molecule has 1 aliphatic heterocycles. The predicted molar refractivity (Wildman–Crippen MR) is 79.5 cm³/mol. The van der Waals surface area contributed by atoms with Gasteiger partial charge in [-0.15, -0.1) is 0 Å². The summed E-state index contributed by atoms with van der Waals surface area (Å²) in [4.78, 5) is 12.5. The van der Waals surface area contributed by atoms with Gasteiger partial charge in [0, 0.05) is 9.89 Å². The summed E-state index contributed by atoms with van der Waals surface area (Å²) < 4.78 is 6.19. The maximum absolute atomic E-state index is 12.5. The maximum Gasteiger partial charge on any atom is 0.230 e. The van der Waals surface area contributed by atoms with E-state index in [2.05, 4.69) is 26.6 Å². The van der Waals surface area contributed by atoms with Crippen LogP contribution in [0.25, 0.3) is 0 Å². The first-order chi connectivity index (χ1) is 9.05. The Morgan fingerprint density at radius 3 is 2.74 bits per heavy atom. The minimum Gasteiger partial charge on any atom is -0.495 e. The number of carbonyl (C=O) groups excluding carboxylic acids is 1. The molecule has 5 heteroatoms. The molecule has 0 aliphatic carbocycles. The van der Waals surface area contributed by atoms with Crippen LogP contribution in [0, 0.1) is 5.41 Å². The fourth-order valence-corrected chi connectivity index (χ4v) is 2.62. The first-order valence-corrected chi connectivity index (χ1v) is 7.20. The van der Waals surface area contributed by atoms with E-state index in [0.29, 0.717) is 11.4 Å². The Kier molecular flexibility index (Phi) is 4.47. The van der Waals surface area contributed by atoms with Crippen LogP contribution in [-0.2, 0) is 4.79 Å². The van der Waals surface area contributed by atoms with Gasteiger partial charge in [-0.3, -0.25) is 4.79 Å². The molecule has 1 saturated heterocycles. The Hall–Kier alpha value is -1.07. The van der Waals surface area contributed by atoms with Crippen LogP contribution < -0.4 is 15.4 Å². The van der Waals surface area contributed by atoms with Gasteiger partial charge in [-0.1, -0.05) is 22.9 Å². The Balaban J connectivity index is 2.16. The second kappa shape index (κ2) is 5.92. The highest BCUT2D eigenvalue weighted by Gasteiger charge is 2.34. The average molecular weight is 327 g/mol.